The van der Waals surface area contributed by atoms with Gasteiger partial charge >= 0.3 is 0 Å². The summed E-state index contributed by atoms with van der Waals surface area (Å²) in [5.74, 6) is 1.88. The van der Waals surface area contributed by atoms with Gasteiger partial charge in [-0.3, -0.25) is 9.69 Å². The molecule has 6 nitrogen and oxygen atoms in total. The molecular formula is C21H28N2O4. The number of rotatable bonds is 8. The van der Waals surface area contributed by atoms with Crippen molar-refractivity contribution in [2.24, 2.45) is 0 Å². The lowest BCUT2D eigenvalue weighted by Crippen LogP contribution is -2.44. The molecule has 1 aliphatic heterocycles. The fourth-order valence-corrected chi connectivity index (χ4v) is 3.14. The molecule has 146 valence electrons. The zero-order valence-electron chi connectivity index (χ0n) is 16.0. The zero-order valence-corrected chi connectivity index (χ0v) is 16.0. The van der Waals surface area contributed by atoms with Gasteiger partial charge in [0.05, 0.1) is 25.5 Å². The molecule has 0 radical (unpaired) electrons. The molecule has 1 saturated heterocycles. The number of hydrogen-bond acceptors (Lipinski definition) is 5. The van der Waals surface area contributed by atoms with E-state index in [1.165, 1.54) is 5.56 Å². The van der Waals surface area contributed by atoms with Crippen LogP contribution in [0, 0.1) is 0 Å². The first-order valence-electron chi connectivity index (χ1n) is 9.48. The van der Waals surface area contributed by atoms with E-state index in [2.05, 4.69) is 24.1 Å². The maximum atomic E-state index is 12.2. The van der Waals surface area contributed by atoms with Crippen LogP contribution < -0.4 is 10.1 Å². The number of nitrogens with one attached hydrogen (secondary N) is 1. The summed E-state index contributed by atoms with van der Waals surface area (Å²) in [5.41, 5.74) is 1.25. The lowest BCUT2D eigenvalue weighted by molar-refractivity contribution is -0.123. The third-order valence-electron chi connectivity index (χ3n) is 4.77. The minimum absolute atomic E-state index is 0.00169. The summed E-state index contributed by atoms with van der Waals surface area (Å²) < 4.78 is 16.6. The molecule has 1 unspecified atom stereocenters. The van der Waals surface area contributed by atoms with Gasteiger partial charge in [-0.05, 0) is 35.7 Å². The summed E-state index contributed by atoms with van der Waals surface area (Å²) in [6.45, 7) is 7.79. The van der Waals surface area contributed by atoms with Gasteiger partial charge in [-0.25, -0.2) is 0 Å². The molecule has 1 aromatic heterocycles. The Morgan fingerprint density at radius 2 is 1.93 bits per heavy atom. The summed E-state index contributed by atoms with van der Waals surface area (Å²) in [5, 5.41) is 2.96. The number of amides is 1. The molecule has 1 N–H and O–H groups in total. The second kappa shape index (κ2) is 9.58. The number of carbonyl (C=O) groups is 1. The molecule has 2 aromatic rings. The molecule has 0 bridgehead atoms. The Balaban J connectivity index is 1.50. The maximum Gasteiger partial charge on any atom is 0.258 e. The van der Waals surface area contributed by atoms with Crippen LogP contribution in [0.3, 0.4) is 0 Å². The van der Waals surface area contributed by atoms with Crippen LogP contribution in [0.2, 0.25) is 0 Å². The van der Waals surface area contributed by atoms with Gasteiger partial charge in [-0.1, -0.05) is 26.0 Å². The quantitative estimate of drug-likeness (QED) is 0.772. The molecule has 0 spiro atoms. The first-order chi connectivity index (χ1) is 13.1. The lowest BCUT2D eigenvalue weighted by atomic mass is 10.0. The average molecular weight is 372 g/mol. The first kappa shape index (κ1) is 19.5. The normalized spacial score (nSPS) is 16.3. The highest BCUT2D eigenvalue weighted by atomic mass is 16.5. The van der Waals surface area contributed by atoms with E-state index in [-0.39, 0.29) is 18.6 Å². The van der Waals surface area contributed by atoms with Crippen molar-refractivity contribution in [1.29, 1.82) is 0 Å². The molecule has 1 amide bonds. The summed E-state index contributed by atoms with van der Waals surface area (Å²) in [6, 6.07) is 11.7. The lowest BCUT2D eigenvalue weighted by Gasteiger charge is -2.33. The van der Waals surface area contributed by atoms with Gasteiger partial charge in [-0.2, -0.15) is 0 Å². The van der Waals surface area contributed by atoms with Gasteiger partial charge in [0.1, 0.15) is 11.5 Å². The third-order valence-corrected chi connectivity index (χ3v) is 4.77. The van der Waals surface area contributed by atoms with Crippen molar-refractivity contribution >= 4 is 5.91 Å². The fourth-order valence-electron chi connectivity index (χ4n) is 3.14. The molecule has 3 rings (SSSR count). The van der Waals surface area contributed by atoms with Crippen LogP contribution in [0.25, 0.3) is 0 Å². The largest absolute Gasteiger partial charge is 0.484 e. The summed E-state index contributed by atoms with van der Waals surface area (Å²) in [6.07, 6.45) is 1.66. The third kappa shape index (κ3) is 5.58. The molecule has 6 heteroatoms. The topological polar surface area (TPSA) is 63.9 Å². The van der Waals surface area contributed by atoms with Crippen molar-refractivity contribution < 1.29 is 18.7 Å². The fraction of sp³-hybridized carbons (Fsp3) is 0.476. The first-order valence-corrected chi connectivity index (χ1v) is 9.48. The van der Waals surface area contributed by atoms with Gasteiger partial charge in [0.25, 0.3) is 5.91 Å². The van der Waals surface area contributed by atoms with Crippen LogP contribution in [-0.4, -0.2) is 50.3 Å². The SMILES string of the molecule is CC(C)c1ccc(OCC(=O)NCC(c2ccco2)N2CCOCC2)cc1. The standard InChI is InChI=1S/C21H28N2O4/c1-16(2)17-5-7-18(8-6-17)27-15-21(24)22-14-19(20-4-3-11-26-20)23-9-12-25-13-10-23/h3-8,11,16,19H,9-10,12-15H2,1-2H3,(H,22,24). The molecule has 27 heavy (non-hydrogen) atoms. The Morgan fingerprint density at radius 1 is 1.19 bits per heavy atom. The minimum Gasteiger partial charge on any atom is -0.484 e. The molecule has 1 aromatic carbocycles. The number of nitrogens with zero attached hydrogens (tertiary/aromatic N) is 1. The van der Waals surface area contributed by atoms with E-state index in [1.807, 2.05) is 36.4 Å². The van der Waals surface area contributed by atoms with Crippen molar-refractivity contribution in [2.45, 2.75) is 25.8 Å². The maximum absolute atomic E-state index is 12.2. The minimum atomic E-state index is -0.146. The van der Waals surface area contributed by atoms with Crippen molar-refractivity contribution in [3.63, 3.8) is 0 Å². The van der Waals surface area contributed by atoms with E-state index in [0.717, 1.165) is 18.8 Å². The summed E-state index contributed by atoms with van der Waals surface area (Å²) in [7, 11) is 0. The Hall–Kier alpha value is -2.31. The van der Waals surface area contributed by atoms with Crippen LogP contribution in [0.1, 0.15) is 37.1 Å². The molecular weight excluding hydrogens is 344 g/mol. The highest BCUT2D eigenvalue weighted by Gasteiger charge is 2.25. The van der Waals surface area contributed by atoms with Crippen molar-refractivity contribution in [2.75, 3.05) is 39.5 Å². The van der Waals surface area contributed by atoms with Crippen LogP contribution in [0.5, 0.6) is 5.75 Å². The summed E-state index contributed by atoms with van der Waals surface area (Å²) in [4.78, 5) is 14.5. The Morgan fingerprint density at radius 3 is 2.56 bits per heavy atom. The van der Waals surface area contributed by atoms with Crippen LogP contribution in [-0.2, 0) is 9.53 Å². The van der Waals surface area contributed by atoms with E-state index in [1.54, 1.807) is 6.26 Å². The Bertz CT molecular complexity index is 691. The van der Waals surface area contributed by atoms with Gasteiger partial charge in [-0.15, -0.1) is 0 Å². The molecule has 0 saturated carbocycles. The van der Waals surface area contributed by atoms with Crippen molar-refractivity contribution in [1.82, 2.24) is 10.2 Å². The van der Waals surface area contributed by atoms with Crippen molar-refractivity contribution in [3.05, 3.63) is 54.0 Å². The highest BCUT2D eigenvalue weighted by molar-refractivity contribution is 5.77. The number of benzene rings is 1. The van der Waals surface area contributed by atoms with Gasteiger partial charge in [0, 0.05) is 19.6 Å². The second-order valence-corrected chi connectivity index (χ2v) is 7.00. The van der Waals surface area contributed by atoms with Crippen LogP contribution >= 0.6 is 0 Å². The van der Waals surface area contributed by atoms with Gasteiger partial charge in [0.2, 0.25) is 0 Å². The van der Waals surface area contributed by atoms with Crippen LogP contribution in [0.4, 0.5) is 0 Å². The smallest absolute Gasteiger partial charge is 0.258 e. The number of morpholine rings is 1. The van der Waals surface area contributed by atoms with E-state index in [9.17, 15) is 4.79 Å². The number of ether oxygens (including phenoxy) is 2. The molecule has 2 heterocycles. The number of furan rings is 1. The van der Waals surface area contributed by atoms with E-state index >= 15 is 0 Å². The van der Waals surface area contributed by atoms with E-state index < -0.39 is 0 Å². The zero-order chi connectivity index (χ0) is 19.1. The predicted molar refractivity (Wildman–Crippen MR) is 103 cm³/mol. The van der Waals surface area contributed by atoms with E-state index in [0.29, 0.717) is 31.4 Å². The average Bonchev–Trinajstić information content (AvgIpc) is 3.22. The molecule has 1 aliphatic rings. The monoisotopic (exact) mass is 372 g/mol. The number of carbonyl (C=O) groups excluding carboxylic acids is 1. The van der Waals surface area contributed by atoms with Gasteiger partial charge < -0.3 is 19.2 Å². The predicted octanol–water partition coefficient (Wildman–Crippen LogP) is 2.97. The van der Waals surface area contributed by atoms with E-state index in [4.69, 9.17) is 13.9 Å². The highest BCUT2D eigenvalue weighted by Crippen LogP contribution is 2.22. The van der Waals surface area contributed by atoms with Crippen LogP contribution in [0.15, 0.2) is 47.1 Å². The Kier molecular flexibility index (Phi) is 6.90. The second-order valence-electron chi connectivity index (χ2n) is 7.00. The Labute approximate surface area is 160 Å². The number of hydrogen-bond donors (Lipinski definition) is 1. The summed E-state index contributed by atoms with van der Waals surface area (Å²) >= 11 is 0. The molecule has 0 aliphatic carbocycles. The molecule has 1 atom stereocenters. The van der Waals surface area contributed by atoms with Crippen molar-refractivity contribution in [3.8, 4) is 5.75 Å². The van der Waals surface area contributed by atoms with Gasteiger partial charge in [0.15, 0.2) is 6.61 Å². The molecule has 1 fully saturated rings.